The van der Waals surface area contributed by atoms with Crippen molar-refractivity contribution in [3.8, 4) is 0 Å². The van der Waals surface area contributed by atoms with E-state index < -0.39 is 0 Å². The lowest BCUT2D eigenvalue weighted by Gasteiger charge is -2.34. The highest BCUT2D eigenvalue weighted by Gasteiger charge is 2.26. The molecular weight excluding hydrogens is 312 g/mol. The number of nitrogens with one attached hydrogen (secondary N) is 1. The Morgan fingerprint density at radius 3 is 2.60 bits per heavy atom. The zero-order valence-electron chi connectivity index (χ0n) is 14.4. The molecule has 0 amide bonds. The Morgan fingerprint density at radius 1 is 1.04 bits per heavy atom. The number of H-pyrrole nitrogens is 1. The second kappa shape index (κ2) is 6.00. The van der Waals surface area contributed by atoms with Crippen LogP contribution in [0.3, 0.4) is 0 Å². The van der Waals surface area contributed by atoms with Crippen LogP contribution in [0.5, 0.6) is 0 Å². The molecule has 3 heterocycles. The fraction of sp³-hybridized carbons (Fsp3) is 0.450. The number of nitrogens with zero attached hydrogens (tertiary/aromatic N) is 3. The number of rotatable bonds is 4. The number of benzene rings is 1. The monoisotopic (exact) mass is 336 g/mol. The van der Waals surface area contributed by atoms with E-state index in [4.69, 9.17) is 0 Å². The van der Waals surface area contributed by atoms with Crippen LogP contribution in [0.2, 0.25) is 0 Å². The van der Waals surface area contributed by atoms with Crippen molar-refractivity contribution in [1.29, 1.82) is 0 Å². The molecule has 0 bridgehead atoms. The lowest BCUT2D eigenvalue weighted by atomic mass is 10.2. The normalized spacial score (nSPS) is 19.8. The van der Waals surface area contributed by atoms with Gasteiger partial charge >= 0.3 is 0 Å². The Morgan fingerprint density at radius 2 is 1.80 bits per heavy atom. The average molecular weight is 336 g/mol. The van der Waals surface area contributed by atoms with E-state index >= 15 is 0 Å². The largest absolute Gasteiger partial charge is 0.308 e. The molecule has 0 atom stereocenters. The predicted molar refractivity (Wildman–Crippen MR) is 100.0 cm³/mol. The summed E-state index contributed by atoms with van der Waals surface area (Å²) in [6.45, 7) is 6.89. The highest BCUT2D eigenvalue weighted by molar-refractivity contribution is 5.80. The first-order valence-electron chi connectivity index (χ1n) is 9.33. The van der Waals surface area contributed by atoms with Gasteiger partial charge in [0.25, 0.3) is 5.56 Å². The summed E-state index contributed by atoms with van der Waals surface area (Å²) in [5.41, 5.74) is 3.11. The van der Waals surface area contributed by atoms with Gasteiger partial charge in [0.15, 0.2) is 0 Å². The number of fused-ring (bicyclic) bond motifs is 3. The molecule has 1 aromatic carbocycles. The Labute approximate surface area is 146 Å². The summed E-state index contributed by atoms with van der Waals surface area (Å²) in [6, 6.07) is 9.91. The van der Waals surface area contributed by atoms with Crippen molar-refractivity contribution in [3.63, 3.8) is 0 Å². The number of aromatic nitrogens is 2. The van der Waals surface area contributed by atoms with Gasteiger partial charge in [-0.2, -0.15) is 0 Å². The minimum atomic E-state index is -0.0126. The van der Waals surface area contributed by atoms with Crippen molar-refractivity contribution in [2.24, 2.45) is 5.92 Å². The number of hydrogen-bond acceptors (Lipinski definition) is 3. The number of hydrogen-bond donors (Lipinski definition) is 1. The molecular formula is C20H24N4O. The maximum Gasteiger partial charge on any atom is 0.258 e. The molecule has 1 saturated heterocycles. The number of para-hydroxylation sites is 1. The molecule has 1 aliphatic heterocycles. The van der Waals surface area contributed by atoms with Crippen LogP contribution >= 0.6 is 0 Å². The van der Waals surface area contributed by atoms with Crippen LogP contribution in [-0.2, 0) is 6.54 Å². The van der Waals surface area contributed by atoms with Crippen LogP contribution in [-0.4, -0.2) is 51.9 Å². The van der Waals surface area contributed by atoms with Crippen LogP contribution < -0.4 is 5.56 Å². The van der Waals surface area contributed by atoms with E-state index in [0.29, 0.717) is 0 Å². The van der Waals surface area contributed by atoms with Gasteiger partial charge in [-0.3, -0.25) is 9.69 Å². The number of piperazine rings is 1. The van der Waals surface area contributed by atoms with Gasteiger partial charge in [0.05, 0.1) is 10.9 Å². The van der Waals surface area contributed by atoms with Crippen LogP contribution in [0, 0.1) is 5.92 Å². The molecule has 25 heavy (non-hydrogen) atoms. The summed E-state index contributed by atoms with van der Waals surface area (Å²) in [7, 11) is 0. The highest BCUT2D eigenvalue weighted by atomic mass is 16.1. The molecule has 2 aliphatic rings. The van der Waals surface area contributed by atoms with E-state index in [2.05, 4.69) is 31.4 Å². The molecule has 2 aromatic heterocycles. The Kier molecular flexibility index (Phi) is 3.64. The van der Waals surface area contributed by atoms with Gasteiger partial charge < -0.3 is 14.3 Å². The van der Waals surface area contributed by atoms with Gasteiger partial charge in [-0.15, -0.1) is 0 Å². The molecule has 2 fully saturated rings. The molecule has 5 rings (SSSR count). The summed E-state index contributed by atoms with van der Waals surface area (Å²) in [6.07, 6.45) is 5.04. The lowest BCUT2D eigenvalue weighted by molar-refractivity contribution is 0.123. The van der Waals surface area contributed by atoms with Gasteiger partial charge in [0, 0.05) is 45.5 Å². The smallest absolute Gasteiger partial charge is 0.258 e. The van der Waals surface area contributed by atoms with E-state index in [1.165, 1.54) is 38.0 Å². The zero-order valence-corrected chi connectivity index (χ0v) is 14.4. The lowest BCUT2D eigenvalue weighted by Crippen LogP contribution is -2.46. The fourth-order valence-corrected chi connectivity index (χ4v) is 4.01. The third-order valence-corrected chi connectivity index (χ3v) is 5.61. The van der Waals surface area contributed by atoms with Crippen LogP contribution in [0.1, 0.15) is 18.4 Å². The fourth-order valence-electron chi connectivity index (χ4n) is 4.01. The second-order valence-corrected chi connectivity index (χ2v) is 7.59. The average Bonchev–Trinajstić information content (AvgIpc) is 3.35. The summed E-state index contributed by atoms with van der Waals surface area (Å²) < 4.78 is 2.11. The topological polar surface area (TPSA) is 43.8 Å². The Bertz CT molecular complexity index is 961. The molecule has 5 heteroatoms. The van der Waals surface area contributed by atoms with Crippen molar-refractivity contribution >= 4 is 16.6 Å². The standard InChI is InChI=1S/C20H24N4O/c25-20-17-3-1-2-4-18(17)24-14-16(11-19(24)21-20)13-23-9-7-22(8-10-23)12-15-5-6-15/h1-4,11,14-15H,5-10,12-13H2,(H,21,25). The van der Waals surface area contributed by atoms with Gasteiger partial charge in [-0.05, 0) is 42.5 Å². The molecule has 130 valence electrons. The minimum Gasteiger partial charge on any atom is -0.308 e. The van der Waals surface area contributed by atoms with Gasteiger partial charge in [-0.25, -0.2) is 0 Å². The van der Waals surface area contributed by atoms with Gasteiger partial charge in [0.1, 0.15) is 5.65 Å². The molecule has 3 aromatic rings. The second-order valence-electron chi connectivity index (χ2n) is 7.59. The van der Waals surface area contributed by atoms with E-state index in [1.807, 2.05) is 24.3 Å². The van der Waals surface area contributed by atoms with Crippen LogP contribution in [0.4, 0.5) is 0 Å². The van der Waals surface area contributed by atoms with Crippen molar-refractivity contribution in [2.45, 2.75) is 19.4 Å². The maximum absolute atomic E-state index is 12.2. The van der Waals surface area contributed by atoms with Gasteiger partial charge in [0.2, 0.25) is 0 Å². The Hall–Kier alpha value is -2.11. The SMILES string of the molecule is O=c1[nH]c2cc(CN3CCN(CC4CC4)CC3)cn2c2ccccc12. The molecule has 0 radical (unpaired) electrons. The first-order valence-corrected chi connectivity index (χ1v) is 9.33. The maximum atomic E-state index is 12.2. The van der Waals surface area contributed by atoms with E-state index in [9.17, 15) is 4.79 Å². The van der Waals surface area contributed by atoms with Crippen LogP contribution in [0.25, 0.3) is 16.6 Å². The first-order chi connectivity index (χ1) is 12.3. The minimum absolute atomic E-state index is 0.0126. The van der Waals surface area contributed by atoms with Gasteiger partial charge in [-0.1, -0.05) is 12.1 Å². The zero-order chi connectivity index (χ0) is 16.8. The Balaban J connectivity index is 1.35. The molecule has 0 unspecified atom stereocenters. The number of aromatic amines is 1. The summed E-state index contributed by atoms with van der Waals surface area (Å²) in [5.74, 6) is 0.980. The molecule has 1 N–H and O–H groups in total. The predicted octanol–water partition coefficient (Wildman–Crippen LogP) is 2.31. The molecule has 0 spiro atoms. The van der Waals surface area contributed by atoms with Crippen LogP contribution in [0.15, 0.2) is 41.3 Å². The summed E-state index contributed by atoms with van der Waals surface area (Å²) in [5, 5.41) is 0.742. The van der Waals surface area contributed by atoms with E-state index in [-0.39, 0.29) is 5.56 Å². The van der Waals surface area contributed by atoms with Crippen molar-refractivity contribution in [3.05, 3.63) is 52.4 Å². The van der Waals surface area contributed by atoms with E-state index in [0.717, 1.165) is 42.1 Å². The molecule has 5 nitrogen and oxygen atoms in total. The molecule has 1 aliphatic carbocycles. The summed E-state index contributed by atoms with van der Waals surface area (Å²) in [4.78, 5) is 20.4. The van der Waals surface area contributed by atoms with Crippen molar-refractivity contribution < 1.29 is 0 Å². The third-order valence-electron chi connectivity index (χ3n) is 5.61. The quantitative estimate of drug-likeness (QED) is 0.795. The first kappa shape index (κ1) is 15.2. The van der Waals surface area contributed by atoms with Crippen molar-refractivity contribution in [2.75, 3.05) is 32.7 Å². The van der Waals surface area contributed by atoms with E-state index in [1.54, 1.807) is 0 Å². The molecule has 1 saturated carbocycles. The van der Waals surface area contributed by atoms with Crippen molar-refractivity contribution in [1.82, 2.24) is 19.2 Å². The third kappa shape index (κ3) is 2.98. The summed E-state index contributed by atoms with van der Waals surface area (Å²) >= 11 is 0. The highest BCUT2D eigenvalue weighted by Crippen LogP contribution is 2.30.